The molecule has 0 amide bonds. The summed E-state index contributed by atoms with van der Waals surface area (Å²) in [6.07, 6.45) is 0. The summed E-state index contributed by atoms with van der Waals surface area (Å²) in [5, 5.41) is 18.7. The zero-order chi connectivity index (χ0) is 18.1. The van der Waals surface area contributed by atoms with Gasteiger partial charge >= 0.3 is 0 Å². The number of rotatable bonds is 3. The molecule has 3 aromatic rings. The normalized spacial score (nSPS) is 11.8. The van der Waals surface area contributed by atoms with Crippen molar-refractivity contribution in [3.63, 3.8) is 0 Å². The Hall–Kier alpha value is -2.01. The molecule has 0 aliphatic heterocycles. The molecule has 3 rings (SSSR count). The number of hydrogen-bond acceptors (Lipinski definition) is 3. The third-order valence-electron chi connectivity index (χ3n) is 3.87. The van der Waals surface area contributed by atoms with Gasteiger partial charge in [0.1, 0.15) is 11.4 Å². The van der Waals surface area contributed by atoms with Crippen molar-refractivity contribution in [2.75, 3.05) is 0 Å². The molecule has 0 fully saturated rings. The Morgan fingerprint density at radius 3 is 2.28 bits per heavy atom. The fourth-order valence-corrected chi connectivity index (χ4v) is 3.28. The van der Waals surface area contributed by atoms with E-state index >= 15 is 0 Å². The highest BCUT2D eigenvalue weighted by molar-refractivity contribution is 6.35. The number of halogens is 3. The molecule has 25 heavy (non-hydrogen) atoms. The van der Waals surface area contributed by atoms with Crippen molar-refractivity contribution >= 4 is 40.5 Å². The summed E-state index contributed by atoms with van der Waals surface area (Å²) in [4.78, 5) is 0. The highest BCUT2D eigenvalue weighted by Crippen LogP contribution is 2.33. The van der Waals surface area contributed by atoms with Crippen LogP contribution in [0.15, 0.2) is 47.6 Å². The summed E-state index contributed by atoms with van der Waals surface area (Å²) in [6, 6.07) is 12.6. The summed E-state index contributed by atoms with van der Waals surface area (Å²) >= 11 is 18.4. The standard InChI is InChI=1S/C18H14Cl3N3O/c1-10-17(11(2)23-25)22-24(16-8-7-14(20)9-15(16)21)18(10)12-3-5-13(19)6-4-12/h3-9,25H,1-2H3/b23-11+. The molecule has 4 nitrogen and oxygen atoms in total. The van der Waals surface area contributed by atoms with Crippen LogP contribution < -0.4 is 0 Å². The molecule has 0 saturated carbocycles. The Morgan fingerprint density at radius 2 is 1.68 bits per heavy atom. The van der Waals surface area contributed by atoms with Crippen LogP contribution in [-0.2, 0) is 0 Å². The number of benzene rings is 2. The third-order valence-corrected chi connectivity index (χ3v) is 4.66. The van der Waals surface area contributed by atoms with Gasteiger partial charge in [-0.2, -0.15) is 5.10 Å². The van der Waals surface area contributed by atoms with Gasteiger partial charge in [0.05, 0.1) is 16.4 Å². The minimum Gasteiger partial charge on any atom is -0.411 e. The van der Waals surface area contributed by atoms with Crippen LogP contribution >= 0.6 is 34.8 Å². The summed E-state index contributed by atoms with van der Waals surface area (Å²) in [5.74, 6) is 0. The first kappa shape index (κ1) is 17.8. The molecule has 0 unspecified atom stereocenters. The van der Waals surface area contributed by atoms with Crippen LogP contribution in [0.5, 0.6) is 0 Å². The van der Waals surface area contributed by atoms with Gasteiger partial charge < -0.3 is 5.21 Å². The van der Waals surface area contributed by atoms with Crippen LogP contribution in [0.2, 0.25) is 15.1 Å². The molecule has 7 heteroatoms. The van der Waals surface area contributed by atoms with Crippen LogP contribution in [0.1, 0.15) is 18.2 Å². The van der Waals surface area contributed by atoms with E-state index in [1.54, 1.807) is 29.8 Å². The zero-order valence-electron chi connectivity index (χ0n) is 13.5. The molecule has 0 radical (unpaired) electrons. The number of hydrogen-bond donors (Lipinski definition) is 1. The number of nitrogens with zero attached hydrogens (tertiary/aromatic N) is 3. The maximum absolute atomic E-state index is 9.16. The van der Waals surface area contributed by atoms with E-state index in [0.29, 0.717) is 32.2 Å². The summed E-state index contributed by atoms with van der Waals surface area (Å²) in [5.41, 5.74) is 4.28. The molecule has 2 aromatic carbocycles. The van der Waals surface area contributed by atoms with Crippen molar-refractivity contribution in [1.82, 2.24) is 9.78 Å². The van der Waals surface area contributed by atoms with Gasteiger partial charge in [-0.25, -0.2) is 4.68 Å². The van der Waals surface area contributed by atoms with Crippen LogP contribution in [0.25, 0.3) is 16.9 Å². The minimum absolute atomic E-state index is 0.413. The van der Waals surface area contributed by atoms with Gasteiger partial charge in [0.2, 0.25) is 0 Å². The van der Waals surface area contributed by atoms with E-state index in [2.05, 4.69) is 10.3 Å². The van der Waals surface area contributed by atoms with Crippen molar-refractivity contribution < 1.29 is 5.21 Å². The van der Waals surface area contributed by atoms with Gasteiger partial charge in [-0.3, -0.25) is 0 Å². The predicted molar refractivity (Wildman–Crippen MR) is 103 cm³/mol. The second-order valence-electron chi connectivity index (χ2n) is 5.52. The van der Waals surface area contributed by atoms with Gasteiger partial charge in [-0.1, -0.05) is 52.1 Å². The van der Waals surface area contributed by atoms with Crippen LogP contribution in [-0.4, -0.2) is 20.7 Å². The average Bonchev–Trinajstić information content (AvgIpc) is 2.92. The number of aromatic nitrogens is 2. The predicted octanol–water partition coefficient (Wildman–Crippen LogP) is 6.01. The fourth-order valence-electron chi connectivity index (χ4n) is 2.66. The highest BCUT2D eigenvalue weighted by Gasteiger charge is 2.20. The van der Waals surface area contributed by atoms with E-state index in [-0.39, 0.29) is 0 Å². The second-order valence-corrected chi connectivity index (χ2v) is 6.80. The van der Waals surface area contributed by atoms with Gasteiger partial charge in [0.15, 0.2) is 0 Å². The summed E-state index contributed by atoms with van der Waals surface area (Å²) < 4.78 is 1.72. The lowest BCUT2D eigenvalue weighted by molar-refractivity contribution is 0.319. The summed E-state index contributed by atoms with van der Waals surface area (Å²) in [7, 11) is 0. The van der Waals surface area contributed by atoms with Crippen molar-refractivity contribution in [1.29, 1.82) is 0 Å². The Bertz CT molecular complexity index is 962. The topological polar surface area (TPSA) is 50.4 Å². The van der Waals surface area contributed by atoms with Crippen molar-refractivity contribution in [2.24, 2.45) is 5.16 Å². The van der Waals surface area contributed by atoms with E-state index in [9.17, 15) is 0 Å². The Labute approximate surface area is 160 Å². The molecular weight excluding hydrogens is 381 g/mol. The maximum atomic E-state index is 9.16. The van der Waals surface area contributed by atoms with Crippen LogP contribution in [0, 0.1) is 6.92 Å². The maximum Gasteiger partial charge on any atom is 0.114 e. The van der Waals surface area contributed by atoms with E-state index in [1.165, 1.54) is 0 Å². The molecule has 128 valence electrons. The quantitative estimate of drug-likeness (QED) is 0.336. The first-order valence-corrected chi connectivity index (χ1v) is 8.55. The van der Waals surface area contributed by atoms with Gasteiger partial charge in [-0.05, 0) is 44.2 Å². The largest absolute Gasteiger partial charge is 0.411 e. The zero-order valence-corrected chi connectivity index (χ0v) is 15.7. The molecule has 0 spiro atoms. The average molecular weight is 395 g/mol. The lowest BCUT2D eigenvalue weighted by Crippen LogP contribution is -2.02. The molecule has 0 bridgehead atoms. The van der Waals surface area contributed by atoms with E-state index in [1.807, 2.05) is 31.2 Å². The second kappa shape index (κ2) is 7.08. The van der Waals surface area contributed by atoms with Gasteiger partial charge in [-0.15, -0.1) is 0 Å². The highest BCUT2D eigenvalue weighted by atomic mass is 35.5. The molecule has 1 heterocycles. The van der Waals surface area contributed by atoms with E-state index < -0.39 is 0 Å². The lowest BCUT2D eigenvalue weighted by Gasteiger charge is -2.11. The lowest BCUT2D eigenvalue weighted by atomic mass is 10.1. The first-order valence-electron chi connectivity index (χ1n) is 7.42. The molecular formula is C18H14Cl3N3O. The fraction of sp³-hybridized carbons (Fsp3) is 0.111. The molecule has 1 N–H and O–H groups in total. The van der Waals surface area contributed by atoms with Crippen molar-refractivity contribution in [3.8, 4) is 16.9 Å². The Balaban J connectivity index is 2.31. The number of oxime groups is 1. The smallest absolute Gasteiger partial charge is 0.114 e. The Kier molecular flexibility index (Phi) is 5.04. The molecule has 0 aliphatic rings. The van der Waals surface area contributed by atoms with Gasteiger partial charge in [0, 0.05) is 21.2 Å². The van der Waals surface area contributed by atoms with Crippen molar-refractivity contribution in [2.45, 2.75) is 13.8 Å². The van der Waals surface area contributed by atoms with Gasteiger partial charge in [0.25, 0.3) is 0 Å². The molecule has 0 atom stereocenters. The molecule has 0 saturated heterocycles. The SMILES string of the molecule is C/C(=N\O)c1nn(-c2ccc(Cl)cc2Cl)c(-c2ccc(Cl)cc2)c1C. The summed E-state index contributed by atoms with van der Waals surface area (Å²) in [6.45, 7) is 3.61. The molecule has 0 aliphatic carbocycles. The monoisotopic (exact) mass is 393 g/mol. The van der Waals surface area contributed by atoms with Crippen molar-refractivity contribution in [3.05, 3.63) is 68.8 Å². The Morgan fingerprint density at radius 1 is 1.04 bits per heavy atom. The first-order chi connectivity index (χ1) is 11.9. The molecule has 1 aromatic heterocycles. The minimum atomic E-state index is 0.413. The van der Waals surface area contributed by atoms with Crippen LogP contribution in [0.4, 0.5) is 0 Å². The van der Waals surface area contributed by atoms with E-state index in [0.717, 1.165) is 16.8 Å². The van der Waals surface area contributed by atoms with Crippen LogP contribution in [0.3, 0.4) is 0 Å². The van der Waals surface area contributed by atoms with E-state index in [4.69, 9.17) is 40.0 Å². The third kappa shape index (κ3) is 3.38.